The molecule has 0 radical (unpaired) electrons. The van der Waals surface area contributed by atoms with Gasteiger partial charge in [0.25, 0.3) is 0 Å². The van der Waals surface area contributed by atoms with Gasteiger partial charge in [0.15, 0.2) is 28.5 Å². The third-order valence-electron chi connectivity index (χ3n) is 12.9. The van der Waals surface area contributed by atoms with E-state index >= 15 is 0 Å². The van der Waals surface area contributed by atoms with Crippen molar-refractivity contribution in [2.75, 3.05) is 47.0 Å². The van der Waals surface area contributed by atoms with Crippen molar-refractivity contribution in [2.45, 2.75) is 74.8 Å². The van der Waals surface area contributed by atoms with E-state index in [2.05, 4.69) is 15.2 Å². The number of thioether (sulfide) groups is 1. The lowest BCUT2D eigenvalue weighted by Crippen LogP contribution is -2.70. The minimum absolute atomic E-state index is 0.0439. The van der Waals surface area contributed by atoms with Crippen LogP contribution in [0.5, 0.6) is 34.5 Å². The first-order valence-corrected chi connectivity index (χ1v) is 20.0. The molecule has 2 saturated heterocycles. The molecule has 4 bridgehead atoms. The van der Waals surface area contributed by atoms with Crippen LogP contribution in [0.25, 0.3) is 10.9 Å². The van der Waals surface area contributed by atoms with E-state index in [4.69, 9.17) is 28.4 Å². The number of benzene rings is 3. The molecular weight excluding hydrogens is 741 g/mol. The van der Waals surface area contributed by atoms with Crippen molar-refractivity contribution in [3.63, 3.8) is 0 Å². The maximum Gasteiger partial charge on any atom is 0.333 e. The van der Waals surface area contributed by atoms with Gasteiger partial charge < -0.3 is 43.6 Å². The van der Waals surface area contributed by atoms with E-state index in [1.165, 1.54) is 18.7 Å². The van der Waals surface area contributed by atoms with Gasteiger partial charge in [-0.05, 0) is 68.6 Å². The molecule has 11 rings (SSSR count). The second kappa shape index (κ2) is 12.7. The van der Waals surface area contributed by atoms with Crippen LogP contribution in [-0.4, -0.2) is 102 Å². The number of aryl methyl sites for hydroxylation is 1. The molecule has 56 heavy (non-hydrogen) atoms. The van der Waals surface area contributed by atoms with E-state index in [1.807, 2.05) is 50.1 Å². The molecule has 2 unspecified atom stereocenters. The lowest BCUT2D eigenvalue weighted by atomic mass is 9.73. The van der Waals surface area contributed by atoms with Crippen LogP contribution >= 0.6 is 11.8 Å². The highest BCUT2D eigenvalue weighted by atomic mass is 32.2. The minimum atomic E-state index is -1.28. The maximum atomic E-state index is 14.9. The number of hydrogen-bond acceptors (Lipinski definition) is 14. The second-order valence-electron chi connectivity index (χ2n) is 15.6. The number of carbonyl (C=O) groups is 2. The number of phenolic OH excluding ortho intramolecular Hbond substituents is 1. The lowest BCUT2D eigenvalue weighted by molar-refractivity contribution is -0.186. The number of methoxy groups -OCH3 is 2. The Bertz CT molecular complexity index is 2360. The summed E-state index contributed by atoms with van der Waals surface area (Å²) in [5.74, 6) is 1.73. The predicted molar refractivity (Wildman–Crippen MR) is 205 cm³/mol. The van der Waals surface area contributed by atoms with E-state index in [-0.39, 0.29) is 30.9 Å². The second-order valence-corrected chi connectivity index (χ2v) is 16.8. The molecule has 7 atom stereocenters. The van der Waals surface area contributed by atoms with Crippen molar-refractivity contribution in [1.29, 1.82) is 0 Å². The standard InChI is InChI=1S/C41H44N4O10S/c1-17-11-20-12-25-39(48)45-26-14-52-40(49)41(38-22(9-10-42-41)23-13-21(50-5)7-8-24(23)43-38)15-56-37(31(45)30(44(25)4)27(20)32(47)33(17)51-6)29-28(26)36-35(53-16-54-36)18(2)34(29)55-19(3)46/h7-8,11,13,25-26,30-31,37,39,42-43,47-48H,9-10,12,14-16H2,1-6H3/t25?,26?,30-,31-,37-,39+,41-/m1/s1. The number of nitrogens with zero attached hydrogens (tertiary/aromatic N) is 2. The third kappa shape index (κ3) is 4.71. The number of aromatic nitrogens is 1. The summed E-state index contributed by atoms with van der Waals surface area (Å²) in [6.07, 6.45) is 0.129. The third-order valence-corrected chi connectivity index (χ3v) is 14.4. The Labute approximate surface area is 327 Å². The van der Waals surface area contributed by atoms with Crippen LogP contribution in [0.15, 0.2) is 24.3 Å². The number of aromatic amines is 1. The van der Waals surface area contributed by atoms with E-state index in [1.54, 1.807) is 14.2 Å². The Morgan fingerprint density at radius 1 is 1.05 bits per heavy atom. The first kappa shape index (κ1) is 35.7. The van der Waals surface area contributed by atoms with Crippen molar-refractivity contribution in [3.8, 4) is 34.5 Å². The van der Waals surface area contributed by atoms with E-state index in [9.17, 15) is 19.8 Å². The molecule has 4 N–H and O–H groups in total. The normalized spacial score (nSPS) is 28.9. The summed E-state index contributed by atoms with van der Waals surface area (Å²) < 4.78 is 36.2. The van der Waals surface area contributed by atoms with Crippen molar-refractivity contribution >= 4 is 34.6 Å². The maximum absolute atomic E-state index is 14.9. The molecular formula is C41H44N4O10S. The van der Waals surface area contributed by atoms with Gasteiger partial charge in [-0.1, -0.05) is 6.07 Å². The summed E-state index contributed by atoms with van der Waals surface area (Å²) in [5.41, 5.74) is 5.79. The summed E-state index contributed by atoms with van der Waals surface area (Å²) in [5, 5.41) is 28.7. The quantitative estimate of drug-likeness (QED) is 0.173. The molecule has 0 saturated carbocycles. The summed E-state index contributed by atoms with van der Waals surface area (Å²) >= 11 is 1.53. The van der Waals surface area contributed by atoms with Crippen molar-refractivity contribution in [1.82, 2.24) is 20.1 Å². The highest BCUT2D eigenvalue weighted by Crippen LogP contribution is 2.64. The number of carbonyl (C=O) groups excluding carboxylic acids is 2. The number of ether oxygens (including phenoxy) is 6. The first-order valence-electron chi connectivity index (χ1n) is 18.9. The minimum Gasteiger partial charge on any atom is -0.504 e. The van der Waals surface area contributed by atoms with Gasteiger partial charge in [-0.15, -0.1) is 11.8 Å². The fourth-order valence-corrected chi connectivity index (χ4v) is 12.2. The summed E-state index contributed by atoms with van der Waals surface area (Å²) in [4.78, 5) is 35.6. The molecule has 2 fully saturated rings. The highest BCUT2D eigenvalue weighted by Gasteiger charge is 2.61. The van der Waals surface area contributed by atoms with Crippen LogP contribution in [-0.2, 0) is 32.7 Å². The predicted octanol–water partition coefficient (Wildman–Crippen LogP) is 4.19. The Morgan fingerprint density at radius 2 is 1.86 bits per heavy atom. The number of phenols is 1. The largest absolute Gasteiger partial charge is 0.504 e. The van der Waals surface area contributed by atoms with Crippen LogP contribution < -0.4 is 29.0 Å². The van der Waals surface area contributed by atoms with E-state index in [0.717, 1.165) is 44.6 Å². The average molecular weight is 785 g/mol. The van der Waals surface area contributed by atoms with E-state index < -0.39 is 47.1 Å². The number of H-pyrrole nitrogens is 1. The fourth-order valence-electron chi connectivity index (χ4n) is 10.6. The number of esters is 2. The molecule has 14 nitrogen and oxygen atoms in total. The van der Waals surface area contributed by atoms with Crippen LogP contribution in [0.2, 0.25) is 0 Å². The van der Waals surface area contributed by atoms with Gasteiger partial charge in [-0.3, -0.25) is 19.9 Å². The zero-order chi connectivity index (χ0) is 38.9. The SMILES string of the molecule is COc1ccc2[nH]c3c(c2c1)CCN[C@]31CS[C@@H]2c3c(OC(C)=O)c(C)c4c(c3C(COC1=O)N1[C@@H]2[C@H]2c3c(cc(C)c(OC)c3O)CC([C@@H]1O)N2C)OCO4. The number of fused-ring (bicyclic) bond motifs is 11. The molecule has 1 spiro atoms. The monoisotopic (exact) mass is 784 g/mol. The smallest absolute Gasteiger partial charge is 0.333 e. The lowest BCUT2D eigenvalue weighted by Gasteiger charge is -2.62. The van der Waals surface area contributed by atoms with Crippen molar-refractivity contribution < 1.29 is 48.2 Å². The topological polar surface area (TPSA) is 164 Å². The number of hydrogen-bond donors (Lipinski definition) is 4. The van der Waals surface area contributed by atoms with Crippen molar-refractivity contribution in [3.05, 3.63) is 68.9 Å². The van der Waals surface area contributed by atoms with Crippen molar-refractivity contribution in [2.24, 2.45) is 0 Å². The molecule has 1 aromatic heterocycles. The zero-order valence-electron chi connectivity index (χ0n) is 32.0. The highest BCUT2D eigenvalue weighted by molar-refractivity contribution is 7.99. The summed E-state index contributed by atoms with van der Waals surface area (Å²) in [7, 11) is 5.17. The molecule has 0 amide bonds. The number of aromatic hydroxyl groups is 1. The summed E-state index contributed by atoms with van der Waals surface area (Å²) in [6.45, 7) is 5.46. The van der Waals surface area contributed by atoms with Crippen LogP contribution in [0, 0.1) is 13.8 Å². The number of nitrogens with one attached hydrogen (secondary N) is 2. The Hall–Kier alpha value is -4.67. The Balaban J connectivity index is 1.23. The molecule has 15 heteroatoms. The van der Waals surface area contributed by atoms with E-state index in [0.29, 0.717) is 59.1 Å². The molecule has 4 aromatic rings. The van der Waals surface area contributed by atoms with Crippen LogP contribution in [0.4, 0.5) is 0 Å². The van der Waals surface area contributed by atoms with Gasteiger partial charge in [0.05, 0.1) is 43.3 Å². The first-order chi connectivity index (χ1) is 27.0. The van der Waals surface area contributed by atoms with Gasteiger partial charge in [0, 0.05) is 58.4 Å². The van der Waals surface area contributed by atoms with Crippen LogP contribution in [0.1, 0.15) is 68.9 Å². The molecule has 7 aliphatic rings. The Morgan fingerprint density at radius 3 is 2.62 bits per heavy atom. The Kier molecular flexibility index (Phi) is 8.08. The molecule has 294 valence electrons. The van der Waals surface area contributed by atoms with Gasteiger partial charge in [0.1, 0.15) is 24.3 Å². The van der Waals surface area contributed by atoms with Gasteiger partial charge >= 0.3 is 11.9 Å². The number of aliphatic hydroxyl groups excluding tert-OH is 1. The molecule has 3 aromatic carbocycles. The molecule has 0 aliphatic carbocycles. The zero-order valence-corrected chi connectivity index (χ0v) is 32.8. The van der Waals surface area contributed by atoms with Gasteiger partial charge in [0.2, 0.25) is 6.79 Å². The number of aliphatic hydroxyl groups is 1. The van der Waals surface area contributed by atoms with Gasteiger partial charge in [-0.25, -0.2) is 4.79 Å². The molecule has 7 aliphatic heterocycles. The number of piperazine rings is 1. The van der Waals surface area contributed by atoms with Crippen LogP contribution in [0.3, 0.4) is 0 Å². The number of likely N-dealkylation sites (N-methyl/N-ethyl adjacent to an activating group) is 1. The molecule has 8 heterocycles. The van der Waals surface area contributed by atoms with Gasteiger partial charge in [-0.2, -0.15) is 0 Å². The number of rotatable bonds is 3. The average Bonchev–Trinajstić information content (AvgIpc) is 3.82. The summed E-state index contributed by atoms with van der Waals surface area (Å²) in [6, 6.07) is 5.77. The fraction of sp³-hybridized carbons (Fsp3) is 0.463.